The first-order chi connectivity index (χ1) is 5.21. The average molecular weight is 153 g/mol. The lowest BCUT2D eigenvalue weighted by atomic mass is 10.2. The Labute approximate surface area is 63.7 Å². The molecule has 1 fully saturated rings. The van der Waals surface area contributed by atoms with Crippen molar-refractivity contribution in [2.45, 2.75) is 18.4 Å². The van der Waals surface area contributed by atoms with Crippen molar-refractivity contribution >= 4 is 0 Å². The zero-order chi connectivity index (χ0) is 7.90. The molecule has 2 nitrogen and oxygen atoms in total. The van der Waals surface area contributed by atoms with Crippen LogP contribution in [0.5, 0.6) is 0 Å². The van der Waals surface area contributed by atoms with Crippen molar-refractivity contribution in [3.63, 3.8) is 0 Å². The lowest BCUT2D eigenvalue weighted by Gasteiger charge is -2.04. The maximum absolute atomic E-state index is 12.6. The molecule has 2 rings (SSSR count). The average Bonchev–Trinajstić information content (AvgIpc) is 2.70. The molecule has 0 saturated heterocycles. The predicted molar refractivity (Wildman–Crippen MR) is 37.3 cm³/mol. The second kappa shape index (κ2) is 2.01. The molecule has 0 radical (unpaired) electrons. The summed E-state index contributed by atoms with van der Waals surface area (Å²) in [5.74, 6) is -0.338. The van der Waals surface area contributed by atoms with Gasteiger partial charge in [-0.05, 0) is 25.0 Å². The minimum atomic E-state index is -0.817. The van der Waals surface area contributed by atoms with Crippen molar-refractivity contribution in [1.29, 1.82) is 0 Å². The molecular weight excluding hydrogens is 145 g/mol. The molecule has 1 aliphatic rings. The summed E-state index contributed by atoms with van der Waals surface area (Å²) >= 11 is 0. The molecule has 3 heteroatoms. The smallest absolute Gasteiger partial charge is 0.126 e. The van der Waals surface area contributed by atoms with Crippen molar-refractivity contribution in [3.8, 4) is 0 Å². The molecule has 0 unspecified atom stereocenters. The van der Waals surface area contributed by atoms with Gasteiger partial charge in [-0.1, -0.05) is 0 Å². The minimum Gasteiger partial charge on any atom is -0.384 e. The van der Waals surface area contributed by atoms with Gasteiger partial charge in [0.1, 0.15) is 11.4 Å². The molecule has 0 atom stereocenters. The van der Waals surface area contributed by atoms with Gasteiger partial charge >= 0.3 is 0 Å². The quantitative estimate of drug-likeness (QED) is 0.657. The van der Waals surface area contributed by atoms with Crippen LogP contribution in [0.1, 0.15) is 18.5 Å². The van der Waals surface area contributed by atoms with Crippen LogP contribution in [-0.4, -0.2) is 10.1 Å². The van der Waals surface area contributed by atoms with Gasteiger partial charge in [0.15, 0.2) is 0 Å². The van der Waals surface area contributed by atoms with E-state index in [-0.39, 0.29) is 5.82 Å². The van der Waals surface area contributed by atoms with Gasteiger partial charge in [-0.2, -0.15) is 0 Å². The number of nitrogens with zero attached hydrogens (tertiary/aromatic N) is 1. The molecule has 0 aliphatic heterocycles. The molecule has 1 aromatic rings. The van der Waals surface area contributed by atoms with Crippen LogP contribution in [0.2, 0.25) is 0 Å². The van der Waals surface area contributed by atoms with Gasteiger partial charge in [-0.25, -0.2) is 4.39 Å². The molecule has 1 heterocycles. The van der Waals surface area contributed by atoms with Crippen LogP contribution in [0.3, 0.4) is 0 Å². The van der Waals surface area contributed by atoms with Crippen molar-refractivity contribution in [2.24, 2.45) is 0 Å². The van der Waals surface area contributed by atoms with E-state index in [4.69, 9.17) is 0 Å². The van der Waals surface area contributed by atoms with Crippen LogP contribution in [0.25, 0.3) is 0 Å². The van der Waals surface area contributed by atoms with Crippen molar-refractivity contribution in [3.05, 3.63) is 29.8 Å². The van der Waals surface area contributed by atoms with E-state index in [0.29, 0.717) is 18.5 Å². The van der Waals surface area contributed by atoms with E-state index in [1.165, 1.54) is 18.3 Å². The number of hydrogen-bond acceptors (Lipinski definition) is 2. The highest BCUT2D eigenvalue weighted by Crippen LogP contribution is 2.44. The van der Waals surface area contributed by atoms with Crippen molar-refractivity contribution < 1.29 is 9.50 Å². The minimum absolute atomic E-state index is 0.338. The van der Waals surface area contributed by atoms with Crippen LogP contribution in [-0.2, 0) is 5.60 Å². The second-order valence-electron chi connectivity index (χ2n) is 2.89. The number of halogens is 1. The van der Waals surface area contributed by atoms with Gasteiger partial charge in [0, 0.05) is 6.20 Å². The summed E-state index contributed by atoms with van der Waals surface area (Å²) in [6.45, 7) is 0. The normalized spacial score (nSPS) is 19.8. The Kier molecular flexibility index (Phi) is 1.23. The third-order valence-corrected chi connectivity index (χ3v) is 1.92. The highest BCUT2D eigenvalue weighted by Gasteiger charge is 2.43. The fourth-order valence-electron chi connectivity index (χ4n) is 1.03. The molecule has 58 valence electrons. The molecule has 1 saturated carbocycles. The zero-order valence-electron chi connectivity index (χ0n) is 5.92. The van der Waals surface area contributed by atoms with Crippen molar-refractivity contribution in [2.75, 3.05) is 0 Å². The fourth-order valence-corrected chi connectivity index (χ4v) is 1.03. The van der Waals surface area contributed by atoms with E-state index < -0.39 is 5.60 Å². The highest BCUT2D eigenvalue weighted by atomic mass is 19.1. The number of hydrogen-bond donors (Lipinski definition) is 1. The lowest BCUT2D eigenvalue weighted by Crippen LogP contribution is -2.06. The van der Waals surface area contributed by atoms with Crippen molar-refractivity contribution in [1.82, 2.24) is 4.98 Å². The third kappa shape index (κ3) is 1.12. The maximum atomic E-state index is 12.6. The SMILES string of the molecule is OC1(c2cc(F)ccn2)CC1. The molecule has 11 heavy (non-hydrogen) atoms. The fraction of sp³-hybridized carbons (Fsp3) is 0.375. The Morgan fingerprint density at radius 2 is 2.27 bits per heavy atom. The lowest BCUT2D eigenvalue weighted by molar-refractivity contribution is 0.146. The molecule has 0 bridgehead atoms. The van der Waals surface area contributed by atoms with E-state index in [1.54, 1.807) is 0 Å². The van der Waals surface area contributed by atoms with Crippen LogP contribution in [0.15, 0.2) is 18.3 Å². The molecule has 0 spiro atoms. The summed E-state index contributed by atoms with van der Waals surface area (Å²) < 4.78 is 12.6. The molecule has 0 aromatic carbocycles. The predicted octanol–water partition coefficient (Wildman–Crippen LogP) is 1.20. The molecular formula is C8H8FNO. The number of aliphatic hydroxyl groups is 1. The number of aromatic nitrogens is 1. The van der Waals surface area contributed by atoms with Gasteiger partial charge in [-0.3, -0.25) is 4.98 Å². The first-order valence-electron chi connectivity index (χ1n) is 3.55. The summed E-state index contributed by atoms with van der Waals surface area (Å²) in [7, 11) is 0. The Bertz CT molecular complexity index is 283. The van der Waals surface area contributed by atoms with Gasteiger partial charge in [0.05, 0.1) is 5.69 Å². The van der Waals surface area contributed by atoms with E-state index in [2.05, 4.69) is 4.98 Å². The molecule has 1 aromatic heterocycles. The Morgan fingerprint density at radius 3 is 2.82 bits per heavy atom. The van der Waals surface area contributed by atoms with Gasteiger partial charge in [-0.15, -0.1) is 0 Å². The summed E-state index contributed by atoms with van der Waals surface area (Å²) in [5, 5.41) is 9.50. The maximum Gasteiger partial charge on any atom is 0.126 e. The summed E-state index contributed by atoms with van der Waals surface area (Å²) in [6, 6.07) is 2.56. The topological polar surface area (TPSA) is 33.1 Å². The van der Waals surface area contributed by atoms with Crippen LogP contribution < -0.4 is 0 Å². The van der Waals surface area contributed by atoms with Gasteiger partial charge in [0.2, 0.25) is 0 Å². The molecule has 0 amide bonds. The van der Waals surface area contributed by atoms with Crippen LogP contribution in [0, 0.1) is 5.82 Å². The molecule has 1 aliphatic carbocycles. The third-order valence-electron chi connectivity index (χ3n) is 1.92. The van der Waals surface area contributed by atoms with Crippen LogP contribution >= 0.6 is 0 Å². The van der Waals surface area contributed by atoms with E-state index in [1.807, 2.05) is 0 Å². The Morgan fingerprint density at radius 1 is 1.55 bits per heavy atom. The van der Waals surface area contributed by atoms with Gasteiger partial charge in [0.25, 0.3) is 0 Å². The monoisotopic (exact) mass is 153 g/mol. The largest absolute Gasteiger partial charge is 0.384 e. The standard InChI is InChI=1S/C8H8FNO/c9-6-1-4-10-7(5-6)8(11)2-3-8/h1,4-5,11H,2-3H2. The van der Waals surface area contributed by atoms with E-state index in [0.717, 1.165) is 0 Å². The number of rotatable bonds is 1. The van der Waals surface area contributed by atoms with E-state index >= 15 is 0 Å². The Hall–Kier alpha value is -0.960. The first-order valence-corrected chi connectivity index (χ1v) is 3.55. The first kappa shape index (κ1) is 6.73. The summed E-state index contributed by atoms with van der Waals surface area (Å²) in [6.07, 6.45) is 2.77. The summed E-state index contributed by atoms with van der Waals surface area (Å²) in [5.41, 5.74) is -0.361. The van der Waals surface area contributed by atoms with Crippen LogP contribution in [0.4, 0.5) is 4.39 Å². The Balaban J connectivity index is 2.38. The van der Waals surface area contributed by atoms with Gasteiger partial charge < -0.3 is 5.11 Å². The van der Waals surface area contributed by atoms with E-state index in [9.17, 15) is 9.50 Å². The highest BCUT2D eigenvalue weighted by molar-refractivity contribution is 5.19. The molecule has 1 N–H and O–H groups in total. The second-order valence-corrected chi connectivity index (χ2v) is 2.89. The zero-order valence-corrected chi connectivity index (χ0v) is 5.92. The number of pyridine rings is 1. The summed E-state index contributed by atoms with van der Waals surface area (Å²) in [4.78, 5) is 3.88.